The number of hydrogen-bond donors (Lipinski definition) is 3. The van der Waals surface area contributed by atoms with Gasteiger partial charge in [-0.25, -0.2) is 9.97 Å². The number of aromatic amines is 1. The van der Waals surface area contributed by atoms with Gasteiger partial charge < -0.3 is 10.4 Å². The zero-order valence-corrected chi connectivity index (χ0v) is 15.8. The molecule has 26 heavy (non-hydrogen) atoms. The molecule has 0 amide bonds. The van der Waals surface area contributed by atoms with E-state index in [1.807, 2.05) is 18.2 Å². The van der Waals surface area contributed by atoms with Crippen LogP contribution in [0.25, 0.3) is 10.3 Å². The Hall–Kier alpha value is -1.90. The van der Waals surface area contributed by atoms with Crippen molar-refractivity contribution in [3.8, 4) is 0 Å². The standard InChI is InChI=1S/C18H20N4O2S2/c23-11-18(8-4-5-9-18)22-15-13-14(21-17(24)26-13)19-16(20-15)25-10-12-6-2-1-3-7-12/h1-3,6-7,23H,4-5,8-11H2,(H2,19,20,21,22,24). The molecule has 1 aliphatic rings. The molecule has 0 spiro atoms. The first-order chi connectivity index (χ1) is 12.7. The van der Waals surface area contributed by atoms with Gasteiger partial charge in [0.05, 0.1) is 12.1 Å². The number of fused-ring (bicyclic) bond motifs is 1. The second-order valence-corrected chi connectivity index (χ2v) is 8.52. The highest BCUT2D eigenvalue weighted by atomic mass is 32.2. The lowest BCUT2D eigenvalue weighted by molar-refractivity contribution is 0.214. The summed E-state index contributed by atoms with van der Waals surface area (Å²) in [5.74, 6) is 1.40. The number of anilines is 1. The molecule has 0 atom stereocenters. The van der Waals surface area contributed by atoms with Crippen LogP contribution in [0.3, 0.4) is 0 Å². The number of aliphatic hydroxyl groups is 1. The molecule has 1 aromatic carbocycles. The molecular weight excluding hydrogens is 368 g/mol. The first kappa shape index (κ1) is 17.5. The Bertz CT molecular complexity index is 949. The highest BCUT2D eigenvalue weighted by molar-refractivity contribution is 7.98. The van der Waals surface area contributed by atoms with E-state index in [1.54, 1.807) is 0 Å². The van der Waals surface area contributed by atoms with Gasteiger partial charge in [0.1, 0.15) is 4.70 Å². The molecule has 0 unspecified atom stereocenters. The molecule has 1 saturated carbocycles. The Morgan fingerprint density at radius 1 is 1.23 bits per heavy atom. The molecule has 3 N–H and O–H groups in total. The van der Waals surface area contributed by atoms with Crippen molar-refractivity contribution >= 4 is 39.3 Å². The Morgan fingerprint density at radius 3 is 2.73 bits per heavy atom. The van der Waals surface area contributed by atoms with Crippen LogP contribution in [0.15, 0.2) is 40.3 Å². The van der Waals surface area contributed by atoms with Crippen molar-refractivity contribution in [3.05, 3.63) is 45.6 Å². The van der Waals surface area contributed by atoms with E-state index in [1.165, 1.54) is 17.3 Å². The van der Waals surface area contributed by atoms with Gasteiger partial charge in [0.15, 0.2) is 16.6 Å². The van der Waals surface area contributed by atoms with Gasteiger partial charge in [-0.05, 0) is 18.4 Å². The Labute approximate surface area is 159 Å². The van der Waals surface area contributed by atoms with Crippen molar-refractivity contribution < 1.29 is 5.11 Å². The van der Waals surface area contributed by atoms with Crippen molar-refractivity contribution in [2.75, 3.05) is 11.9 Å². The van der Waals surface area contributed by atoms with Gasteiger partial charge in [0.2, 0.25) is 0 Å². The number of thioether (sulfide) groups is 1. The van der Waals surface area contributed by atoms with Gasteiger partial charge >= 0.3 is 4.87 Å². The number of aliphatic hydroxyl groups excluding tert-OH is 1. The van der Waals surface area contributed by atoms with E-state index in [2.05, 4.69) is 32.4 Å². The topological polar surface area (TPSA) is 90.9 Å². The maximum Gasteiger partial charge on any atom is 0.306 e. The number of aromatic nitrogens is 3. The number of thiazole rings is 1. The van der Waals surface area contributed by atoms with Crippen LogP contribution in [0.1, 0.15) is 31.2 Å². The van der Waals surface area contributed by atoms with E-state index in [0.717, 1.165) is 47.5 Å². The molecule has 1 aliphatic carbocycles. The Morgan fingerprint density at radius 2 is 2.00 bits per heavy atom. The molecule has 136 valence electrons. The fourth-order valence-corrected chi connectivity index (χ4v) is 4.84. The van der Waals surface area contributed by atoms with Crippen LogP contribution in [-0.2, 0) is 5.75 Å². The highest BCUT2D eigenvalue weighted by Gasteiger charge is 2.34. The minimum atomic E-state index is -0.352. The van der Waals surface area contributed by atoms with Crippen molar-refractivity contribution in [2.45, 2.75) is 42.1 Å². The fraction of sp³-hybridized carbons (Fsp3) is 0.389. The number of benzene rings is 1. The third-order valence-corrected chi connectivity index (χ3v) is 6.51. The summed E-state index contributed by atoms with van der Waals surface area (Å²) in [6.45, 7) is 0.0598. The summed E-state index contributed by atoms with van der Waals surface area (Å²) in [5, 5.41) is 14.0. The zero-order chi connectivity index (χ0) is 18.0. The van der Waals surface area contributed by atoms with E-state index < -0.39 is 0 Å². The van der Waals surface area contributed by atoms with E-state index >= 15 is 0 Å². The van der Waals surface area contributed by atoms with Crippen LogP contribution in [0, 0.1) is 0 Å². The van der Waals surface area contributed by atoms with Gasteiger partial charge in [-0.15, -0.1) is 0 Å². The molecule has 6 nitrogen and oxygen atoms in total. The molecule has 0 bridgehead atoms. The number of H-pyrrole nitrogens is 1. The van der Waals surface area contributed by atoms with Gasteiger partial charge in [-0.3, -0.25) is 9.78 Å². The number of hydrogen-bond acceptors (Lipinski definition) is 7. The van der Waals surface area contributed by atoms with Gasteiger partial charge in [-0.2, -0.15) is 0 Å². The first-order valence-corrected chi connectivity index (χ1v) is 10.4. The van der Waals surface area contributed by atoms with Crippen LogP contribution in [0.2, 0.25) is 0 Å². The Balaban J connectivity index is 1.65. The number of nitrogens with one attached hydrogen (secondary N) is 2. The highest BCUT2D eigenvalue weighted by Crippen LogP contribution is 2.35. The average Bonchev–Trinajstić information content (AvgIpc) is 3.27. The van der Waals surface area contributed by atoms with Gasteiger partial charge in [0, 0.05) is 5.75 Å². The van der Waals surface area contributed by atoms with E-state index in [-0.39, 0.29) is 17.0 Å². The fourth-order valence-electron chi connectivity index (χ4n) is 3.32. The van der Waals surface area contributed by atoms with Crippen molar-refractivity contribution in [1.82, 2.24) is 15.0 Å². The summed E-state index contributed by atoms with van der Waals surface area (Å²) in [7, 11) is 0. The minimum Gasteiger partial charge on any atom is -0.394 e. The third-order valence-electron chi connectivity index (χ3n) is 4.72. The second kappa shape index (κ2) is 7.38. The van der Waals surface area contributed by atoms with Crippen LogP contribution < -0.4 is 10.2 Å². The third kappa shape index (κ3) is 3.62. The van der Waals surface area contributed by atoms with Crippen LogP contribution in [0.5, 0.6) is 0 Å². The molecule has 0 aliphatic heterocycles. The first-order valence-electron chi connectivity index (χ1n) is 8.64. The minimum absolute atomic E-state index is 0.0598. The summed E-state index contributed by atoms with van der Waals surface area (Å²) < 4.78 is 0.721. The normalized spacial score (nSPS) is 16.2. The van der Waals surface area contributed by atoms with E-state index in [4.69, 9.17) is 0 Å². The molecule has 0 saturated heterocycles. The lowest BCUT2D eigenvalue weighted by atomic mass is 9.99. The molecular formula is C18H20N4O2S2. The molecule has 1 fully saturated rings. The number of nitrogens with zero attached hydrogens (tertiary/aromatic N) is 2. The molecule has 0 radical (unpaired) electrons. The summed E-state index contributed by atoms with van der Waals surface area (Å²) in [4.78, 5) is 23.6. The average molecular weight is 389 g/mol. The largest absolute Gasteiger partial charge is 0.394 e. The Kier molecular flexibility index (Phi) is 4.97. The molecule has 4 rings (SSSR count). The predicted molar refractivity (Wildman–Crippen MR) is 106 cm³/mol. The lowest BCUT2D eigenvalue weighted by Crippen LogP contribution is -2.39. The molecule has 8 heteroatoms. The second-order valence-electron chi connectivity index (χ2n) is 6.59. The molecule has 2 aromatic heterocycles. The zero-order valence-electron chi connectivity index (χ0n) is 14.2. The SMILES string of the molecule is O=c1[nH]c2nc(SCc3ccccc3)nc(NC3(CO)CCCC3)c2s1. The summed E-state index contributed by atoms with van der Waals surface area (Å²) in [6, 6.07) is 10.1. The van der Waals surface area contributed by atoms with Gasteiger partial charge in [-0.1, -0.05) is 66.3 Å². The quantitative estimate of drug-likeness (QED) is 0.443. The summed E-state index contributed by atoms with van der Waals surface area (Å²) in [5.41, 5.74) is 1.40. The van der Waals surface area contributed by atoms with Crippen molar-refractivity contribution in [2.24, 2.45) is 0 Å². The monoisotopic (exact) mass is 388 g/mol. The lowest BCUT2D eigenvalue weighted by Gasteiger charge is -2.28. The smallest absolute Gasteiger partial charge is 0.306 e. The van der Waals surface area contributed by atoms with Crippen molar-refractivity contribution in [3.63, 3.8) is 0 Å². The van der Waals surface area contributed by atoms with E-state index in [0.29, 0.717) is 16.6 Å². The van der Waals surface area contributed by atoms with E-state index in [9.17, 15) is 9.90 Å². The van der Waals surface area contributed by atoms with Crippen LogP contribution >= 0.6 is 23.1 Å². The maximum absolute atomic E-state index is 11.8. The predicted octanol–water partition coefficient (Wildman–Crippen LogP) is 3.39. The van der Waals surface area contributed by atoms with Crippen LogP contribution in [-0.4, -0.2) is 32.2 Å². The van der Waals surface area contributed by atoms with Crippen molar-refractivity contribution in [1.29, 1.82) is 0 Å². The molecule has 2 heterocycles. The molecule has 3 aromatic rings. The summed E-state index contributed by atoms with van der Waals surface area (Å²) in [6.07, 6.45) is 3.98. The van der Waals surface area contributed by atoms with Crippen LogP contribution in [0.4, 0.5) is 5.82 Å². The maximum atomic E-state index is 11.8. The van der Waals surface area contributed by atoms with Gasteiger partial charge in [0.25, 0.3) is 0 Å². The number of rotatable bonds is 6. The summed E-state index contributed by atoms with van der Waals surface area (Å²) >= 11 is 2.64.